The minimum atomic E-state index is -2.73. The molecule has 0 atom stereocenters. The second-order valence-corrected chi connectivity index (χ2v) is 9.19. The zero-order chi connectivity index (χ0) is 23.8. The molecule has 182 valence electrons. The van der Waals surface area contributed by atoms with E-state index in [0.717, 1.165) is 36.3 Å². The van der Waals surface area contributed by atoms with Gasteiger partial charge in [0.25, 0.3) is 6.43 Å². The van der Waals surface area contributed by atoms with Crippen LogP contribution < -0.4 is 10.2 Å². The minimum Gasteiger partial charge on any atom is -0.381 e. The highest BCUT2D eigenvalue weighted by Crippen LogP contribution is 2.40. The summed E-state index contributed by atoms with van der Waals surface area (Å²) < 4.78 is 32.8. The summed E-state index contributed by atoms with van der Waals surface area (Å²) in [6.45, 7) is 2.84. The lowest BCUT2D eigenvalue weighted by atomic mass is 9.97. The fraction of sp³-hybridized carbons (Fsp3) is 0.565. The van der Waals surface area contributed by atoms with Crippen molar-refractivity contribution in [3.05, 3.63) is 39.6 Å². The molecule has 2 amide bonds. The van der Waals surface area contributed by atoms with Crippen LogP contribution in [0, 0.1) is 0 Å². The van der Waals surface area contributed by atoms with Crippen molar-refractivity contribution in [2.24, 2.45) is 0 Å². The molecule has 1 N–H and O–H groups in total. The number of fused-ring (bicyclic) bond motifs is 2. The van der Waals surface area contributed by atoms with Gasteiger partial charge >= 0.3 is 6.03 Å². The van der Waals surface area contributed by atoms with E-state index in [1.165, 1.54) is 6.07 Å². The van der Waals surface area contributed by atoms with Gasteiger partial charge < -0.3 is 19.9 Å². The van der Waals surface area contributed by atoms with Crippen LogP contribution in [-0.2, 0) is 24.1 Å². The summed E-state index contributed by atoms with van der Waals surface area (Å²) in [4.78, 5) is 30.3. The molecule has 1 saturated heterocycles. The van der Waals surface area contributed by atoms with Crippen molar-refractivity contribution in [2.75, 3.05) is 38.3 Å². The molecule has 5 heterocycles. The van der Waals surface area contributed by atoms with E-state index in [9.17, 15) is 13.6 Å². The number of hydrogen-bond donors (Lipinski definition) is 1. The van der Waals surface area contributed by atoms with Gasteiger partial charge in [0, 0.05) is 51.3 Å². The Morgan fingerprint density at radius 1 is 1.18 bits per heavy atom. The van der Waals surface area contributed by atoms with Gasteiger partial charge in [-0.05, 0) is 31.7 Å². The lowest BCUT2D eigenvalue weighted by molar-refractivity contribution is 0.0835. The van der Waals surface area contributed by atoms with E-state index in [1.807, 2.05) is 4.90 Å². The Labute approximate surface area is 201 Å². The Kier molecular flexibility index (Phi) is 6.52. The first-order valence-electron chi connectivity index (χ1n) is 11.6. The highest BCUT2D eigenvalue weighted by atomic mass is 35.5. The number of carbonyl (C=O) groups excluding carboxylic acids is 1. The number of rotatable bonds is 3. The quantitative estimate of drug-likeness (QED) is 0.648. The number of amides is 2. The number of anilines is 2. The predicted molar refractivity (Wildman–Crippen MR) is 123 cm³/mol. The van der Waals surface area contributed by atoms with E-state index < -0.39 is 6.43 Å². The van der Waals surface area contributed by atoms with Gasteiger partial charge in [-0.3, -0.25) is 0 Å². The van der Waals surface area contributed by atoms with Crippen LogP contribution in [0.4, 0.5) is 25.1 Å². The highest BCUT2D eigenvalue weighted by molar-refractivity contribution is 6.30. The third-order valence-electron chi connectivity index (χ3n) is 6.78. The molecule has 34 heavy (non-hydrogen) atoms. The van der Waals surface area contributed by atoms with Gasteiger partial charge in [0.15, 0.2) is 0 Å². The SMILES string of the molecule is CNC(=O)N1CCc2nc(C3CCOCC3)nc(N3CCCc4nc(Cl)c(C(F)F)cc43)c2C1. The Bertz CT molecular complexity index is 1100. The van der Waals surface area contributed by atoms with Gasteiger partial charge in [0.05, 0.1) is 29.2 Å². The number of halogens is 3. The van der Waals surface area contributed by atoms with Gasteiger partial charge in [0.2, 0.25) is 0 Å². The van der Waals surface area contributed by atoms with Crippen LogP contribution in [0.25, 0.3) is 0 Å². The van der Waals surface area contributed by atoms with E-state index >= 15 is 0 Å². The number of carbonyl (C=O) groups is 1. The predicted octanol–water partition coefficient (Wildman–Crippen LogP) is 4.14. The van der Waals surface area contributed by atoms with E-state index in [2.05, 4.69) is 10.3 Å². The van der Waals surface area contributed by atoms with Crippen molar-refractivity contribution in [1.82, 2.24) is 25.2 Å². The molecule has 11 heteroatoms. The number of hydrogen-bond acceptors (Lipinski definition) is 6. The Morgan fingerprint density at radius 3 is 2.71 bits per heavy atom. The molecule has 0 spiro atoms. The van der Waals surface area contributed by atoms with Crippen LogP contribution >= 0.6 is 11.6 Å². The molecule has 8 nitrogen and oxygen atoms in total. The van der Waals surface area contributed by atoms with Crippen LogP contribution in [0.5, 0.6) is 0 Å². The number of aromatic nitrogens is 3. The molecule has 0 unspecified atom stereocenters. The number of aryl methyl sites for hydroxylation is 1. The molecule has 0 saturated carbocycles. The van der Waals surface area contributed by atoms with Gasteiger partial charge in [-0.25, -0.2) is 28.5 Å². The summed E-state index contributed by atoms with van der Waals surface area (Å²) in [6, 6.07) is 1.27. The van der Waals surface area contributed by atoms with E-state index in [-0.39, 0.29) is 22.7 Å². The third kappa shape index (κ3) is 4.29. The summed E-state index contributed by atoms with van der Waals surface area (Å²) in [5, 5.41) is 2.52. The fourth-order valence-corrected chi connectivity index (χ4v) is 5.19. The van der Waals surface area contributed by atoms with Crippen molar-refractivity contribution in [3.8, 4) is 0 Å². The Morgan fingerprint density at radius 2 is 1.97 bits per heavy atom. The van der Waals surface area contributed by atoms with Crippen LogP contribution in [0.15, 0.2) is 6.07 Å². The fourth-order valence-electron chi connectivity index (χ4n) is 4.95. The second kappa shape index (κ2) is 9.58. The van der Waals surface area contributed by atoms with Gasteiger partial charge in [-0.2, -0.15) is 0 Å². The van der Waals surface area contributed by atoms with Crippen molar-refractivity contribution in [1.29, 1.82) is 0 Å². The number of ether oxygens (including phenoxy) is 1. The standard InChI is InChI=1S/C23H27ClF2N6O2/c1-27-23(33)31-8-4-16-15(12-31)22(30-21(29-16)13-5-9-34-10-6-13)32-7-2-3-17-18(32)11-14(20(25)26)19(24)28-17/h11,13,20H,2-10,12H2,1H3,(H,27,33). The molecule has 1 fully saturated rings. The summed E-state index contributed by atoms with van der Waals surface area (Å²) in [7, 11) is 1.60. The molecule has 3 aliphatic heterocycles. The summed E-state index contributed by atoms with van der Waals surface area (Å²) >= 11 is 6.06. The number of nitrogens with zero attached hydrogens (tertiary/aromatic N) is 5. The molecule has 2 aromatic heterocycles. The first-order chi connectivity index (χ1) is 16.5. The lowest BCUT2D eigenvalue weighted by Crippen LogP contribution is -2.42. The van der Waals surface area contributed by atoms with Crippen molar-refractivity contribution < 1.29 is 18.3 Å². The van der Waals surface area contributed by atoms with Crippen LogP contribution in [-0.4, -0.2) is 59.2 Å². The largest absolute Gasteiger partial charge is 0.381 e. The zero-order valence-electron chi connectivity index (χ0n) is 19.0. The first-order valence-corrected chi connectivity index (χ1v) is 12.0. The van der Waals surface area contributed by atoms with Crippen molar-refractivity contribution in [3.63, 3.8) is 0 Å². The Hall–Kier alpha value is -2.59. The molecule has 5 rings (SSSR count). The van der Waals surface area contributed by atoms with Gasteiger partial charge in [0.1, 0.15) is 16.8 Å². The number of urea groups is 1. The van der Waals surface area contributed by atoms with Crippen LogP contribution in [0.3, 0.4) is 0 Å². The third-order valence-corrected chi connectivity index (χ3v) is 7.08. The molecule has 0 aliphatic carbocycles. The zero-order valence-corrected chi connectivity index (χ0v) is 19.7. The monoisotopic (exact) mass is 492 g/mol. The van der Waals surface area contributed by atoms with E-state index in [1.54, 1.807) is 11.9 Å². The van der Waals surface area contributed by atoms with E-state index in [0.29, 0.717) is 62.9 Å². The summed E-state index contributed by atoms with van der Waals surface area (Å²) in [6.07, 6.45) is 0.998. The molecular formula is C23H27ClF2N6O2. The molecule has 0 radical (unpaired) electrons. The number of alkyl halides is 2. The molecule has 3 aliphatic rings. The Balaban J connectivity index is 1.63. The highest BCUT2D eigenvalue weighted by Gasteiger charge is 2.32. The molecule has 0 bridgehead atoms. The average Bonchev–Trinajstić information content (AvgIpc) is 2.86. The van der Waals surface area contributed by atoms with Gasteiger partial charge in [-0.15, -0.1) is 0 Å². The van der Waals surface area contributed by atoms with Crippen LogP contribution in [0.2, 0.25) is 5.15 Å². The van der Waals surface area contributed by atoms with E-state index in [4.69, 9.17) is 26.3 Å². The maximum Gasteiger partial charge on any atom is 0.317 e. The molecule has 0 aromatic carbocycles. The summed E-state index contributed by atoms with van der Waals surface area (Å²) in [5.41, 5.74) is 2.76. The molecule has 2 aromatic rings. The normalized spacial score (nSPS) is 18.6. The average molecular weight is 493 g/mol. The van der Waals surface area contributed by atoms with Crippen molar-refractivity contribution >= 4 is 29.1 Å². The number of nitrogens with one attached hydrogen (secondary N) is 1. The lowest BCUT2D eigenvalue weighted by Gasteiger charge is -2.36. The van der Waals surface area contributed by atoms with Gasteiger partial charge in [-0.1, -0.05) is 11.6 Å². The molecular weight excluding hydrogens is 466 g/mol. The topological polar surface area (TPSA) is 83.5 Å². The van der Waals surface area contributed by atoms with Crippen LogP contribution in [0.1, 0.15) is 59.9 Å². The smallest absolute Gasteiger partial charge is 0.317 e. The summed E-state index contributed by atoms with van der Waals surface area (Å²) in [5.74, 6) is 1.61. The first kappa shape index (κ1) is 23.2. The number of pyridine rings is 1. The second-order valence-electron chi connectivity index (χ2n) is 8.83. The minimum absolute atomic E-state index is 0.158. The maximum absolute atomic E-state index is 13.7. The van der Waals surface area contributed by atoms with Crippen molar-refractivity contribution in [2.45, 2.75) is 51.0 Å². The maximum atomic E-state index is 13.7.